The second-order valence-corrected chi connectivity index (χ2v) is 11.2. The van der Waals surface area contributed by atoms with E-state index in [-0.39, 0.29) is 19.9 Å². The van der Waals surface area contributed by atoms with Crippen molar-refractivity contribution in [1.82, 2.24) is 10.3 Å². The van der Waals surface area contributed by atoms with Crippen LogP contribution in [0.15, 0.2) is 52.7 Å². The van der Waals surface area contributed by atoms with Crippen molar-refractivity contribution in [3.8, 4) is 11.3 Å². The van der Waals surface area contributed by atoms with Crippen LogP contribution in [0.1, 0.15) is 45.1 Å². The molecule has 0 aliphatic carbocycles. The number of aryl methyl sites for hydroxylation is 2. The number of amides is 2. The van der Waals surface area contributed by atoms with Gasteiger partial charge in [-0.2, -0.15) is 0 Å². The van der Waals surface area contributed by atoms with Gasteiger partial charge in [0.15, 0.2) is 15.0 Å². The highest BCUT2D eigenvalue weighted by molar-refractivity contribution is 7.92. The third kappa shape index (κ3) is 5.85. The Morgan fingerprint density at radius 3 is 2.61 bits per heavy atom. The summed E-state index contributed by atoms with van der Waals surface area (Å²) in [7, 11) is -3.53. The van der Waals surface area contributed by atoms with Gasteiger partial charge in [0.2, 0.25) is 5.91 Å². The van der Waals surface area contributed by atoms with Gasteiger partial charge in [-0.05, 0) is 56.5 Å². The third-order valence-corrected chi connectivity index (χ3v) is 8.22. The highest BCUT2D eigenvalue weighted by atomic mass is 32.2. The van der Waals surface area contributed by atoms with Crippen molar-refractivity contribution in [2.24, 2.45) is 0 Å². The fourth-order valence-corrected chi connectivity index (χ4v) is 5.19. The van der Waals surface area contributed by atoms with Gasteiger partial charge < -0.3 is 10.6 Å². The number of carbonyl (C=O) groups excluding carboxylic acids is 2. The van der Waals surface area contributed by atoms with Gasteiger partial charge in [0.05, 0.1) is 22.4 Å². The lowest BCUT2D eigenvalue weighted by molar-refractivity contribution is -0.115. The van der Waals surface area contributed by atoms with Crippen LogP contribution in [-0.2, 0) is 21.1 Å². The smallest absolute Gasteiger partial charge is 0.251 e. The standard InChI is InChI=1S/C24H27N3O4S2.2H2/c1-5-17-7-6-8-18(11-17)20-14-32-24(26-20)27-22(28)13-25-23(29)19-10-9-16(4)21(12-19)33(30,31)15(2)3;;/h6-12,14-15H,5,13H2,1-4H3,(H,25,29)(H,26,27,28);2*1H. The van der Waals surface area contributed by atoms with Crippen molar-refractivity contribution >= 4 is 38.1 Å². The lowest BCUT2D eigenvalue weighted by Gasteiger charge is -2.12. The number of aromatic nitrogens is 1. The summed E-state index contributed by atoms with van der Waals surface area (Å²) < 4.78 is 25.1. The molecule has 178 valence electrons. The molecular formula is C24H31N3O4S2. The van der Waals surface area contributed by atoms with Gasteiger partial charge in [0.25, 0.3) is 5.91 Å². The van der Waals surface area contributed by atoms with E-state index in [1.165, 1.54) is 23.0 Å². The molecule has 1 aromatic heterocycles. The number of sulfone groups is 1. The van der Waals surface area contributed by atoms with Crippen LogP contribution in [0.5, 0.6) is 0 Å². The lowest BCUT2D eigenvalue weighted by atomic mass is 10.1. The van der Waals surface area contributed by atoms with Crippen LogP contribution in [0.25, 0.3) is 11.3 Å². The highest BCUT2D eigenvalue weighted by Gasteiger charge is 2.23. The maximum Gasteiger partial charge on any atom is 0.251 e. The Kier molecular flexibility index (Phi) is 7.65. The van der Waals surface area contributed by atoms with Gasteiger partial charge in [-0.3, -0.25) is 9.59 Å². The number of hydrogen-bond acceptors (Lipinski definition) is 6. The van der Waals surface area contributed by atoms with E-state index >= 15 is 0 Å². The molecular weight excluding hydrogens is 458 g/mol. The van der Waals surface area contributed by atoms with E-state index in [1.54, 1.807) is 32.9 Å². The van der Waals surface area contributed by atoms with Gasteiger partial charge in [-0.15, -0.1) is 11.3 Å². The Bertz CT molecular complexity index is 1290. The second-order valence-electron chi connectivity index (χ2n) is 7.90. The zero-order valence-electron chi connectivity index (χ0n) is 19.0. The Balaban J connectivity index is 0.00000306. The largest absolute Gasteiger partial charge is 0.343 e. The van der Waals surface area contributed by atoms with Crippen LogP contribution >= 0.6 is 11.3 Å². The SMILES string of the molecule is CCc1cccc(-c2csc(NC(=O)CNC(=O)c3ccc(C)c(S(=O)(=O)C(C)C)c3)n2)c1.[HH].[HH]. The number of benzene rings is 2. The summed E-state index contributed by atoms with van der Waals surface area (Å²) in [6.07, 6.45) is 0.924. The topological polar surface area (TPSA) is 105 Å². The number of nitrogens with one attached hydrogen (secondary N) is 2. The quantitative estimate of drug-likeness (QED) is 0.476. The normalized spacial score (nSPS) is 11.4. The summed E-state index contributed by atoms with van der Waals surface area (Å²) in [5, 5.41) is 6.92. The number of nitrogens with zero attached hydrogens (tertiary/aromatic N) is 1. The molecule has 0 aliphatic rings. The molecule has 33 heavy (non-hydrogen) atoms. The zero-order valence-corrected chi connectivity index (χ0v) is 20.6. The summed E-state index contributed by atoms with van der Waals surface area (Å²) in [4.78, 5) is 29.4. The second kappa shape index (κ2) is 10.3. The molecule has 1 heterocycles. The minimum atomic E-state index is -3.53. The summed E-state index contributed by atoms with van der Waals surface area (Å²) in [5.41, 5.74) is 3.70. The van der Waals surface area contributed by atoms with Gasteiger partial charge in [-0.1, -0.05) is 31.2 Å². The van der Waals surface area contributed by atoms with Gasteiger partial charge >= 0.3 is 0 Å². The molecule has 0 spiro atoms. The molecule has 3 aromatic rings. The number of carbonyl (C=O) groups is 2. The minimum absolute atomic E-state index is 0. The van der Waals surface area contributed by atoms with Crippen molar-refractivity contribution in [1.29, 1.82) is 0 Å². The molecule has 0 saturated carbocycles. The first kappa shape index (κ1) is 24.6. The third-order valence-electron chi connectivity index (χ3n) is 5.17. The number of anilines is 1. The summed E-state index contributed by atoms with van der Waals surface area (Å²) in [6.45, 7) is 6.69. The zero-order chi connectivity index (χ0) is 24.2. The Labute approximate surface area is 201 Å². The molecule has 0 saturated heterocycles. The van der Waals surface area contributed by atoms with Crippen LogP contribution in [-0.4, -0.2) is 37.0 Å². The molecule has 2 aromatic carbocycles. The van der Waals surface area contributed by atoms with E-state index in [0.29, 0.717) is 10.7 Å². The molecule has 0 fully saturated rings. The number of thiazole rings is 1. The molecule has 0 radical (unpaired) electrons. The van der Waals surface area contributed by atoms with E-state index in [4.69, 9.17) is 0 Å². The van der Waals surface area contributed by atoms with E-state index in [2.05, 4.69) is 34.7 Å². The molecule has 2 amide bonds. The maximum absolute atomic E-state index is 12.5. The molecule has 2 N–H and O–H groups in total. The summed E-state index contributed by atoms with van der Waals surface area (Å²) >= 11 is 1.30. The van der Waals surface area contributed by atoms with Crippen LogP contribution in [0.4, 0.5) is 5.13 Å². The first-order chi connectivity index (χ1) is 15.6. The van der Waals surface area contributed by atoms with Crippen LogP contribution in [0.3, 0.4) is 0 Å². The van der Waals surface area contributed by atoms with Crippen LogP contribution in [0, 0.1) is 6.92 Å². The first-order valence-corrected chi connectivity index (χ1v) is 13.0. The molecule has 0 atom stereocenters. The fourth-order valence-electron chi connectivity index (χ4n) is 3.14. The Morgan fingerprint density at radius 2 is 1.91 bits per heavy atom. The minimum Gasteiger partial charge on any atom is -0.343 e. The Hall–Kier alpha value is -3.04. The monoisotopic (exact) mass is 489 g/mol. The maximum atomic E-state index is 12.5. The predicted molar refractivity (Wildman–Crippen MR) is 136 cm³/mol. The first-order valence-electron chi connectivity index (χ1n) is 10.6. The van der Waals surface area contributed by atoms with Crippen molar-refractivity contribution in [2.45, 2.75) is 44.3 Å². The van der Waals surface area contributed by atoms with Crippen LogP contribution < -0.4 is 10.6 Å². The fraction of sp³-hybridized carbons (Fsp3) is 0.292. The Morgan fingerprint density at radius 1 is 1.15 bits per heavy atom. The number of rotatable bonds is 8. The van der Waals surface area contributed by atoms with Gasteiger partial charge in [0, 0.05) is 19.4 Å². The van der Waals surface area contributed by atoms with E-state index in [1.807, 2.05) is 17.5 Å². The highest BCUT2D eigenvalue weighted by Crippen LogP contribution is 2.26. The number of hydrogen-bond donors (Lipinski definition) is 2. The average Bonchev–Trinajstić information content (AvgIpc) is 3.26. The van der Waals surface area contributed by atoms with Crippen LogP contribution in [0.2, 0.25) is 0 Å². The van der Waals surface area contributed by atoms with E-state index in [9.17, 15) is 18.0 Å². The van der Waals surface area contributed by atoms with Crippen molar-refractivity contribution < 1.29 is 20.9 Å². The molecule has 9 heteroatoms. The van der Waals surface area contributed by atoms with Gasteiger partial charge in [-0.25, -0.2) is 13.4 Å². The van der Waals surface area contributed by atoms with Crippen molar-refractivity contribution in [3.63, 3.8) is 0 Å². The molecule has 7 nitrogen and oxygen atoms in total. The van der Waals surface area contributed by atoms with E-state index in [0.717, 1.165) is 17.7 Å². The lowest BCUT2D eigenvalue weighted by Crippen LogP contribution is -2.33. The van der Waals surface area contributed by atoms with Crippen molar-refractivity contribution in [2.75, 3.05) is 11.9 Å². The molecule has 0 bridgehead atoms. The average molecular weight is 490 g/mol. The summed E-state index contributed by atoms with van der Waals surface area (Å²) in [5.74, 6) is -0.949. The van der Waals surface area contributed by atoms with Crippen molar-refractivity contribution in [3.05, 3.63) is 64.5 Å². The van der Waals surface area contributed by atoms with E-state index < -0.39 is 26.9 Å². The predicted octanol–water partition coefficient (Wildman–Crippen LogP) is 4.72. The molecule has 0 unspecified atom stereocenters. The summed E-state index contributed by atoms with van der Waals surface area (Å²) in [6, 6.07) is 12.6. The molecule has 0 aliphatic heterocycles. The van der Waals surface area contributed by atoms with Gasteiger partial charge in [0.1, 0.15) is 0 Å². The molecule has 3 rings (SSSR count).